The van der Waals surface area contributed by atoms with E-state index in [0.29, 0.717) is 18.2 Å². The van der Waals surface area contributed by atoms with Gasteiger partial charge >= 0.3 is 11.9 Å². The summed E-state index contributed by atoms with van der Waals surface area (Å²) in [5.74, 6) is -2.51. The normalized spacial score (nSPS) is 14.5. The van der Waals surface area contributed by atoms with Crippen LogP contribution in [0.4, 0.5) is 5.69 Å². The standard InChI is InChI=1S/C16H18N2O2S.C4H4O4/c1-11(2)17-7-5-12(6-8-17)15-9-13-3-4-14(18(19)20)10-16(13)21-15;5-3(6)1-2-4(7)8/h3-5,9-11H,6-8H2,1-2H3;1-2H,(H,5,6)(H,7,8)/b;2-1-. The molecule has 0 radical (unpaired) electrons. The van der Waals surface area contributed by atoms with Gasteiger partial charge in [-0.15, -0.1) is 11.3 Å². The van der Waals surface area contributed by atoms with Gasteiger partial charge < -0.3 is 10.2 Å². The molecule has 0 bridgehead atoms. The topological polar surface area (TPSA) is 121 Å². The van der Waals surface area contributed by atoms with Gasteiger partial charge in [-0.25, -0.2) is 9.59 Å². The summed E-state index contributed by atoms with van der Waals surface area (Å²) in [5, 5.41) is 27.6. The van der Waals surface area contributed by atoms with Gasteiger partial charge in [0, 0.05) is 53.0 Å². The second-order valence-corrected chi connectivity index (χ2v) is 7.75. The largest absolute Gasteiger partial charge is 0.478 e. The van der Waals surface area contributed by atoms with Gasteiger partial charge in [0.05, 0.1) is 4.92 Å². The molecule has 1 aromatic heterocycles. The summed E-state index contributed by atoms with van der Waals surface area (Å²) < 4.78 is 0.992. The number of carbonyl (C=O) groups is 2. The SMILES string of the molecule is CC(C)N1CC=C(c2cc3ccc([N+](=O)[O-])cc3s2)CC1.O=C(O)/C=C\C(=O)O. The molecule has 9 heteroatoms. The Balaban J connectivity index is 0.000000321. The van der Waals surface area contributed by atoms with Gasteiger partial charge in [0.2, 0.25) is 0 Å². The number of nitro benzene ring substituents is 1. The zero-order chi connectivity index (χ0) is 21.6. The van der Waals surface area contributed by atoms with Crippen LogP contribution in [0, 0.1) is 10.1 Å². The van der Waals surface area contributed by atoms with Gasteiger partial charge in [0.15, 0.2) is 0 Å². The molecule has 0 saturated heterocycles. The molecule has 1 aromatic carbocycles. The fraction of sp³-hybridized carbons (Fsp3) is 0.300. The minimum Gasteiger partial charge on any atom is -0.478 e. The fourth-order valence-corrected chi connectivity index (χ4v) is 3.98. The molecule has 0 saturated carbocycles. The van der Waals surface area contributed by atoms with Crippen LogP contribution in [0.1, 0.15) is 25.1 Å². The van der Waals surface area contributed by atoms with E-state index in [1.807, 2.05) is 6.07 Å². The molecule has 29 heavy (non-hydrogen) atoms. The maximum absolute atomic E-state index is 10.8. The molecule has 0 fully saturated rings. The van der Waals surface area contributed by atoms with E-state index >= 15 is 0 Å². The van der Waals surface area contributed by atoms with Crippen molar-refractivity contribution in [1.82, 2.24) is 4.90 Å². The maximum Gasteiger partial charge on any atom is 0.328 e. The van der Waals surface area contributed by atoms with Gasteiger partial charge in [0.25, 0.3) is 5.69 Å². The third-order valence-corrected chi connectivity index (χ3v) is 5.54. The van der Waals surface area contributed by atoms with E-state index in [1.54, 1.807) is 23.5 Å². The average Bonchev–Trinajstić information content (AvgIpc) is 3.10. The van der Waals surface area contributed by atoms with Crippen LogP contribution in [0.3, 0.4) is 0 Å². The van der Waals surface area contributed by atoms with Crippen LogP contribution >= 0.6 is 11.3 Å². The van der Waals surface area contributed by atoms with Crippen molar-refractivity contribution < 1.29 is 24.7 Å². The van der Waals surface area contributed by atoms with E-state index in [2.05, 4.69) is 30.9 Å². The lowest BCUT2D eigenvalue weighted by Crippen LogP contribution is -2.34. The number of non-ortho nitro benzene ring substituents is 1. The first-order valence-electron chi connectivity index (χ1n) is 8.92. The summed E-state index contributed by atoms with van der Waals surface area (Å²) >= 11 is 1.65. The van der Waals surface area contributed by atoms with Crippen molar-refractivity contribution in [1.29, 1.82) is 0 Å². The summed E-state index contributed by atoms with van der Waals surface area (Å²) in [4.78, 5) is 33.3. The van der Waals surface area contributed by atoms with Gasteiger partial charge in [-0.1, -0.05) is 6.08 Å². The molecule has 1 aliphatic heterocycles. The maximum atomic E-state index is 10.8. The molecule has 2 heterocycles. The highest BCUT2D eigenvalue weighted by Crippen LogP contribution is 2.35. The highest BCUT2D eigenvalue weighted by atomic mass is 32.1. The third kappa shape index (κ3) is 6.51. The van der Waals surface area contributed by atoms with Crippen molar-refractivity contribution in [3.63, 3.8) is 0 Å². The zero-order valence-corrected chi connectivity index (χ0v) is 16.9. The monoisotopic (exact) mass is 418 g/mol. The molecule has 154 valence electrons. The van der Waals surface area contributed by atoms with Crippen molar-refractivity contribution in [2.24, 2.45) is 0 Å². The van der Waals surface area contributed by atoms with E-state index in [4.69, 9.17) is 10.2 Å². The number of benzene rings is 1. The quantitative estimate of drug-likeness (QED) is 0.427. The number of fused-ring (bicyclic) bond motifs is 1. The highest BCUT2D eigenvalue weighted by molar-refractivity contribution is 7.20. The van der Waals surface area contributed by atoms with Crippen molar-refractivity contribution >= 4 is 44.6 Å². The molecule has 0 unspecified atom stereocenters. The smallest absolute Gasteiger partial charge is 0.328 e. The molecule has 0 amide bonds. The van der Waals surface area contributed by atoms with E-state index in [-0.39, 0.29) is 10.6 Å². The number of nitrogens with zero attached hydrogens (tertiary/aromatic N) is 2. The molecule has 8 nitrogen and oxygen atoms in total. The van der Waals surface area contributed by atoms with Crippen LogP contribution in [0.2, 0.25) is 0 Å². The van der Waals surface area contributed by atoms with Crippen molar-refractivity contribution in [3.05, 3.63) is 57.5 Å². The Hall–Kier alpha value is -3.04. The average molecular weight is 418 g/mol. The minimum absolute atomic E-state index is 0.166. The molecule has 2 aromatic rings. The van der Waals surface area contributed by atoms with E-state index < -0.39 is 11.9 Å². The van der Waals surface area contributed by atoms with Crippen LogP contribution in [0.5, 0.6) is 0 Å². The Morgan fingerprint density at radius 1 is 1.21 bits per heavy atom. The Kier molecular flexibility index (Phi) is 7.63. The highest BCUT2D eigenvalue weighted by Gasteiger charge is 2.17. The first-order chi connectivity index (χ1) is 13.7. The summed E-state index contributed by atoms with van der Waals surface area (Å²) in [5.41, 5.74) is 1.54. The van der Waals surface area contributed by atoms with Gasteiger partial charge in [-0.05, 0) is 43.4 Å². The molecular weight excluding hydrogens is 396 g/mol. The van der Waals surface area contributed by atoms with Crippen LogP contribution in [0.15, 0.2) is 42.5 Å². The van der Waals surface area contributed by atoms with Crippen LogP contribution in [-0.4, -0.2) is 51.1 Å². The first-order valence-corrected chi connectivity index (χ1v) is 9.74. The number of rotatable bonds is 5. The van der Waals surface area contributed by atoms with Crippen LogP contribution < -0.4 is 0 Å². The lowest BCUT2D eigenvalue weighted by Gasteiger charge is -2.29. The molecule has 1 aliphatic rings. The summed E-state index contributed by atoms with van der Waals surface area (Å²) in [6, 6.07) is 7.83. The third-order valence-electron chi connectivity index (χ3n) is 4.37. The Labute approximate surface area is 171 Å². The Bertz CT molecular complexity index is 961. The lowest BCUT2D eigenvalue weighted by molar-refractivity contribution is -0.384. The van der Waals surface area contributed by atoms with Gasteiger partial charge in [-0.3, -0.25) is 15.0 Å². The van der Waals surface area contributed by atoms with Gasteiger partial charge in [0.1, 0.15) is 0 Å². The second kappa shape index (κ2) is 9.94. The molecular formula is C20H22N2O6S. The van der Waals surface area contributed by atoms with Crippen LogP contribution in [0.25, 0.3) is 15.7 Å². The predicted molar refractivity (Wildman–Crippen MR) is 112 cm³/mol. The van der Waals surface area contributed by atoms with Crippen molar-refractivity contribution in [2.45, 2.75) is 26.3 Å². The number of nitro groups is 1. The Morgan fingerprint density at radius 2 is 1.86 bits per heavy atom. The Morgan fingerprint density at radius 3 is 2.34 bits per heavy atom. The summed E-state index contributed by atoms with van der Waals surface area (Å²) in [6.07, 6.45) is 4.46. The van der Waals surface area contributed by atoms with E-state index in [0.717, 1.165) is 29.6 Å². The lowest BCUT2D eigenvalue weighted by atomic mass is 10.0. The number of carboxylic acid groups (broad SMARTS) is 2. The number of aliphatic carboxylic acids is 2. The van der Waals surface area contributed by atoms with Gasteiger partial charge in [-0.2, -0.15) is 0 Å². The number of hydrogen-bond donors (Lipinski definition) is 2. The van der Waals surface area contributed by atoms with E-state index in [1.165, 1.54) is 10.5 Å². The summed E-state index contributed by atoms with van der Waals surface area (Å²) in [6.45, 7) is 6.51. The second-order valence-electron chi connectivity index (χ2n) is 6.67. The molecule has 3 rings (SSSR count). The first kappa shape index (κ1) is 22.3. The molecule has 0 atom stereocenters. The van der Waals surface area contributed by atoms with Crippen LogP contribution in [-0.2, 0) is 9.59 Å². The molecule has 0 spiro atoms. The number of hydrogen-bond acceptors (Lipinski definition) is 6. The van der Waals surface area contributed by atoms with Crippen molar-refractivity contribution in [2.75, 3.05) is 13.1 Å². The molecule has 0 aliphatic carbocycles. The minimum atomic E-state index is -1.26. The zero-order valence-electron chi connectivity index (χ0n) is 16.1. The predicted octanol–water partition coefficient (Wildman–Crippen LogP) is 4.02. The number of thiophene rings is 1. The summed E-state index contributed by atoms with van der Waals surface area (Å²) in [7, 11) is 0. The van der Waals surface area contributed by atoms with Crippen molar-refractivity contribution in [3.8, 4) is 0 Å². The van der Waals surface area contributed by atoms with E-state index in [9.17, 15) is 19.7 Å². The molecule has 2 N–H and O–H groups in total. The fourth-order valence-electron chi connectivity index (χ4n) is 2.81. The number of carboxylic acids is 2.